The van der Waals surface area contributed by atoms with Crippen molar-refractivity contribution in [3.63, 3.8) is 0 Å². The number of benzene rings is 1. The Morgan fingerprint density at radius 2 is 1.90 bits per heavy atom. The number of rotatable bonds is 9. The molecule has 0 unspecified atom stereocenters. The third kappa shape index (κ3) is 7.29. The van der Waals surface area contributed by atoms with Crippen molar-refractivity contribution in [2.45, 2.75) is 45.2 Å². The molecule has 0 bridgehead atoms. The number of nitrogens with one attached hydrogen (secondary N) is 2. The number of aromatic nitrogens is 2. The van der Waals surface area contributed by atoms with Crippen LogP contribution in [0.2, 0.25) is 0 Å². The van der Waals surface area contributed by atoms with Crippen molar-refractivity contribution in [2.24, 2.45) is 10.4 Å². The molecule has 0 atom stereocenters. The molecule has 1 aromatic carbocycles. The Kier molecular flexibility index (Phi) is 9.93. The summed E-state index contributed by atoms with van der Waals surface area (Å²) in [6.45, 7) is 3.40. The van der Waals surface area contributed by atoms with Crippen LogP contribution in [-0.4, -0.2) is 42.8 Å². The summed E-state index contributed by atoms with van der Waals surface area (Å²) in [6.07, 6.45) is 11.9. The van der Waals surface area contributed by atoms with E-state index in [1.165, 1.54) is 36.8 Å². The number of methoxy groups -OCH3 is 1. The first-order valence-electron chi connectivity index (χ1n) is 10.2. The molecule has 0 spiro atoms. The van der Waals surface area contributed by atoms with Crippen molar-refractivity contribution < 1.29 is 4.74 Å². The Hall–Kier alpha value is -1.61. The summed E-state index contributed by atoms with van der Waals surface area (Å²) in [6, 6.07) is 8.68. The molecule has 2 aromatic rings. The van der Waals surface area contributed by atoms with Gasteiger partial charge in [-0.05, 0) is 35.8 Å². The third-order valence-corrected chi connectivity index (χ3v) is 5.76. The normalized spacial score (nSPS) is 15.7. The molecule has 1 aliphatic rings. The molecule has 1 fully saturated rings. The Morgan fingerprint density at radius 3 is 2.52 bits per heavy atom. The molecule has 1 heterocycles. The number of imidazole rings is 1. The van der Waals surface area contributed by atoms with Crippen molar-refractivity contribution in [1.82, 2.24) is 20.2 Å². The van der Waals surface area contributed by atoms with E-state index >= 15 is 0 Å². The van der Waals surface area contributed by atoms with Crippen LogP contribution in [0, 0.1) is 5.41 Å². The van der Waals surface area contributed by atoms with E-state index in [2.05, 4.69) is 49.4 Å². The van der Waals surface area contributed by atoms with E-state index in [1.54, 1.807) is 7.11 Å². The summed E-state index contributed by atoms with van der Waals surface area (Å²) in [5.74, 6) is 0.867. The predicted molar refractivity (Wildman–Crippen MR) is 129 cm³/mol. The van der Waals surface area contributed by atoms with Crippen LogP contribution in [0.25, 0.3) is 0 Å². The summed E-state index contributed by atoms with van der Waals surface area (Å²) in [4.78, 5) is 8.48. The van der Waals surface area contributed by atoms with Crippen molar-refractivity contribution >= 4 is 29.9 Å². The van der Waals surface area contributed by atoms with Gasteiger partial charge in [0.15, 0.2) is 5.96 Å². The monoisotopic (exact) mass is 511 g/mol. The molecule has 1 saturated carbocycles. The molecule has 160 valence electrons. The zero-order valence-corrected chi connectivity index (χ0v) is 19.9. The van der Waals surface area contributed by atoms with Gasteiger partial charge in [-0.25, -0.2) is 4.98 Å². The first-order valence-corrected chi connectivity index (χ1v) is 10.2. The van der Waals surface area contributed by atoms with E-state index in [0.717, 1.165) is 38.6 Å². The van der Waals surface area contributed by atoms with E-state index in [9.17, 15) is 0 Å². The molecule has 7 heteroatoms. The fraction of sp³-hybridized carbons (Fsp3) is 0.545. The number of nitrogens with zero attached hydrogens (tertiary/aromatic N) is 3. The average molecular weight is 511 g/mol. The third-order valence-electron chi connectivity index (χ3n) is 5.76. The smallest absolute Gasteiger partial charge is 0.191 e. The van der Waals surface area contributed by atoms with Gasteiger partial charge in [-0.15, -0.1) is 24.0 Å². The first kappa shape index (κ1) is 23.7. The quantitative estimate of drug-likeness (QED) is 0.306. The zero-order chi connectivity index (χ0) is 19.7. The van der Waals surface area contributed by atoms with Gasteiger partial charge in [-0.3, -0.25) is 4.99 Å². The second-order valence-corrected chi connectivity index (χ2v) is 7.78. The highest BCUT2D eigenvalue weighted by molar-refractivity contribution is 14.0. The fourth-order valence-corrected chi connectivity index (χ4v) is 3.99. The van der Waals surface area contributed by atoms with E-state index in [1.807, 2.05) is 25.8 Å². The van der Waals surface area contributed by atoms with Gasteiger partial charge in [-0.1, -0.05) is 37.1 Å². The van der Waals surface area contributed by atoms with Crippen LogP contribution >= 0.6 is 24.0 Å². The summed E-state index contributed by atoms with van der Waals surface area (Å²) >= 11 is 0. The van der Waals surface area contributed by atoms with E-state index in [-0.39, 0.29) is 24.0 Å². The Bertz CT molecular complexity index is 724. The summed E-state index contributed by atoms with van der Waals surface area (Å²) in [5.41, 5.74) is 2.86. The lowest BCUT2D eigenvalue weighted by molar-refractivity contribution is 0.138. The lowest BCUT2D eigenvalue weighted by Gasteiger charge is -2.30. The summed E-state index contributed by atoms with van der Waals surface area (Å²) in [5, 5.41) is 6.99. The minimum Gasteiger partial charge on any atom is -0.385 e. The molecular weight excluding hydrogens is 477 g/mol. The number of hydrogen-bond acceptors (Lipinski definition) is 3. The van der Waals surface area contributed by atoms with E-state index in [0.29, 0.717) is 5.41 Å². The summed E-state index contributed by atoms with van der Waals surface area (Å²) in [7, 11) is 3.62. The largest absolute Gasteiger partial charge is 0.385 e. The highest BCUT2D eigenvalue weighted by atomic mass is 127. The van der Waals surface area contributed by atoms with Crippen molar-refractivity contribution in [3.05, 3.63) is 54.1 Å². The SMILES string of the molecule is CN=C(NCc1ccc(Cn2ccnc2)cc1)NCC1(CCOC)CCCC1.I. The van der Waals surface area contributed by atoms with Gasteiger partial charge < -0.3 is 19.9 Å². The standard InChI is InChI=1S/C22H33N5O.HI/c1-23-21(26-17-22(11-14-28-2)9-3-4-10-22)25-15-19-5-7-20(8-6-19)16-27-13-12-24-18-27;/h5-8,12-13,18H,3-4,9-11,14-17H2,1-2H3,(H2,23,25,26);1H. The van der Waals surface area contributed by atoms with Crippen LogP contribution in [0.4, 0.5) is 0 Å². The molecule has 3 rings (SSSR count). The van der Waals surface area contributed by atoms with Gasteiger partial charge in [-0.2, -0.15) is 0 Å². The lowest BCUT2D eigenvalue weighted by Crippen LogP contribution is -2.43. The van der Waals surface area contributed by atoms with Crippen LogP contribution in [0.3, 0.4) is 0 Å². The van der Waals surface area contributed by atoms with Gasteiger partial charge in [0, 0.05) is 52.8 Å². The van der Waals surface area contributed by atoms with Gasteiger partial charge in [0.1, 0.15) is 0 Å². The van der Waals surface area contributed by atoms with Gasteiger partial charge in [0.2, 0.25) is 0 Å². The lowest BCUT2D eigenvalue weighted by atomic mass is 9.83. The molecule has 0 amide bonds. The highest BCUT2D eigenvalue weighted by Gasteiger charge is 2.33. The van der Waals surface area contributed by atoms with Crippen LogP contribution in [-0.2, 0) is 17.8 Å². The molecule has 1 aromatic heterocycles. The molecule has 29 heavy (non-hydrogen) atoms. The maximum atomic E-state index is 5.33. The van der Waals surface area contributed by atoms with Crippen LogP contribution in [0.5, 0.6) is 0 Å². The average Bonchev–Trinajstić information content (AvgIpc) is 3.40. The van der Waals surface area contributed by atoms with Crippen molar-refractivity contribution in [1.29, 1.82) is 0 Å². The van der Waals surface area contributed by atoms with Gasteiger partial charge in [0.25, 0.3) is 0 Å². The predicted octanol–water partition coefficient (Wildman–Crippen LogP) is 3.81. The minimum absolute atomic E-state index is 0. The number of aliphatic imine (C=N–C) groups is 1. The van der Waals surface area contributed by atoms with E-state index in [4.69, 9.17) is 4.74 Å². The van der Waals surface area contributed by atoms with Gasteiger partial charge >= 0.3 is 0 Å². The molecule has 2 N–H and O–H groups in total. The Balaban J connectivity index is 0.00000300. The zero-order valence-electron chi connectivity index (χ0n) is 17.6. The Labute approximate surface area is 191 Å². The van der Waals surface area contributed by atoms with Crippen LogP contribution < -0.4 is 10.6 Å². The molecule has 1 aliphatic carbocycles. The molecule has 0 saturated heterocycles. The van der Waals surface area contributed by atoms with Crippen molar-refractivity contribution in [3.8, 4) is 0 Å². The van der Waals surface area contributed by atoms with Crippen LogP contribution in [0.15, 0.2) is 48.0 Å². The maximum absolute atomic E-state index is 5.33. The number of guanidine groups is 1. The number of halogens is 1. The van der Waals surface area contributed by atoms with Gasteiger partial charge in [0.05, 0.1) is 6.33 Å². The first-order chi connectivity index (χ1) is 13.7. The number of ether oxygens (including phenoxy) is 1. The molecule has 0 aliphatic heterocycles. The summed E-state index contributed by atoms with van der Waals surface area (Å²) < 4.78 is 7.40. The number of hydrogen-bond donors (Lipinski definition) is 2. The highest BCUT2D eigenvalue weighted by Crippen LogP contribution is 2.40. The molecular formula is C22H34IN5O. The van der Waals surface area contributed by atoms with Crippen LogP contribution in [0.1, 0.15) is 43.2 Å². The second kappa shape index (κ2) is 12.2. The maximum Gasteiger partial charge on any atom is 0.191 e. The minimum atomic E-state index is 0. The van der Waals surface area contributed by atoms with E-state index < -0.39 is 0 Å². The van der Waals surface area contributed by atoms with Crippen molar-refractivity contribution in [2.75, 3.05) is 27.3 Å². The Morgan fingerprint density at radius 1 is 1.17 bits per heavy atom. The topological polar surface area (TPSA) is 63.5 Å². The molecule has 6 nitrogen and oxygen atoms in total. The fourth-order valence-electron chi connectivity index (χ4n) is 3.99. The second-order valence-electron chi connectivity index (χ2n) is 7.78. The molecule has 0 radical (unpaired) electrons.